The van der Waals surface area contributed by atoms with Gasteiger partial charge in [0, 0.05) is 31.7 Å². The minimum atomic E-state index is 0.354. The lowest BCUT2D eigenvalue weighted by Crippen LogP contribution is -2.37. The molecule has 2 aromatic heterocycles. The minimum Gasteiger partial charge on any atom is -0.389 e. The highest BCUT2D eigenvalue weighted by Gasteiger charge is 2.14. The second-order valence-electron chi connectivity index (χ2n) is 5.22. The summed E-state index contributed by atoms with van der Waals surface area (Å²) in [7, 11) is 0. The highest BCUT2D eigenvalue weighted by Crippen LogP contribution is 2.12. The molecule has 1 saturated heterocycles. The van der Waals surface area contributed by atoms with Crippen molar-refractivity contribution < 1.29 is 4.74 Å². The molecule has 0 bridgehead atoms. The molecule has 0 unspecified atom stereocenters. The van der Waals surface area contributed by atoms with Crippen LogP contribution in [0.4, 0.5) is 0 Å². The van der Waals surface area contributed by atoms with Gasteiger partial charge in [0.1, 0.15) is 4.99 Å². The molecule has 1 fully saturated rings. The number of fused-ring (bicyclic) bond motifs is 1. The van der Waals surface area contributed by atoms with Crippen LogP contribution in [0.25, 0.3) is 5.65 Å². The van der Waals surface area contributed by atoms with Gasteiger partial charge in [0.05, 0.1) is 18.8 Å². The van der Waals surface area contributed by atoms with E-state index in [0.29, 0.717) is 4.99 Å². The Balaban J connectivity index is 1.81. The van der Waals surface area contributed by atoms with Crippen LogP contribution < -0.4 is 5.73 Å². The van der Waals surface area contributed by atoms with Crippen LogP contribution in [-0.2, 0) is 11.2 Å². The summed E-state index contributed by atoms with van der Waals surface area (Å²) in [5, 5.41) is 4.57. The third kappa shape index (κ3) is 3.04. The predicted molar refractivity (Wildman–Crippen MR) is 84.6 cm³/mol. The Morgan fingerprint density at radius 3 is 2.86 bits per heavy atom. The van der Waals surface area contributed by atoms with Crippen LogP contribution in [0.5, 0.6) is 0 Å². The monoisotopic (exact) mass is 305 g/mol. The van der Waals surface area contributed by atoms with Crippen molar-refractivity contribution >= 4 is 22.9 Å². The Bertz CT molecular complexity index is 663. The first-order chi connectivity index (χ1) is 10.1. The van der Waals surface area contributed by atoms with Crippen LogP contribution in [0.15, 0.2) is 12.1 Å². The van der Waals surface area contributed by atoms with E-state index in [1.807, 2.05) is 23.6 Å². The van der Waals surface area contributed by atoms with Gasteiger partial charge in [-0.1, -0.05) is 12.2 Å². The van der Waals surface area contributed by atoms with Crippen molar-refractivity contribution in [1.82, 2.24) is 19.5 Å². The van der Waals surface area contributed by atoms with E-state index in [9.17, 15) is 0 Å². The van der Waals surface area contributed by atoms with Crippen LogP contribution in [0.2, 0.25) is 0 Å². The largest absolute Gasteiger partial charge is 0.389 e. The number of nitrogens with two attached hydrogens (primary N) is 1. The van der Waals surface area contributed by atoms with Gasteiger partial charge in [-0.25, -0.2) is 9.50 Å². The van der Waals surface area contributed by atoms with Gasteiger partial charge in [0.15, 0.2) is 11.5 Å². The zero-order chi connectivity index (χ0) is 14.8. The summed E-state index contributed by atoms with van der Waals surface area (Å²) in [4.78, 5) is 7.33. The second-order valence-corrected chi connectivity index (χ2v) is 5.66. The van der Waals surface area contributed by atoms with E-state index in [2.05, 4.69) is 15.0 Å². The topological polar surface area (TPSA) is 68.7 Å². The van der Waals surface area contributed by atoms with Crippen molar-refractivity contribution in [3.05, 3.63) is 29.2 Å². The molecule has 0 radical (unpaired) electrons. The Morgan fingerprint density at radius 1 is 1.38 bits per heavy atom. The molecule has 112 valence electrons. The smallest absolute Gasteiger partial charge is 0.166 e. The minimum absolute atomic E-state index is 0.354. The number of ether oxygens (including phenoxy) is 1. The van der Waals surface area contributed by atoms with Gasteiger partial charge in [-0.15, -0.1) is 0 Å². The summed E-state index contributed by atoms with van der Waals surface area (Å²) in [6, 6.07) is 3.87. The number of nitrogens with zero attached hydrogens (tertiary/aromatic N) is 4. The molecule has 0 saturated carbocycles. The highest BCUT2D eigenvalue weighted by atomic mass is 32.1. The van der Waals surface area contributed by atoms with Crippen molar-refractivity contribution in [3.8, 4) is 0 Å². The first kappa shape index (κ1) is 14.4. The van der Waals surface area contributed by atoms with Crippen molar-refractivity contribution in [3.63, 3.8) is 0 Å². The third-order valence-corrected chi connectivity index (χ3v) is 3.96. The SMILES string of the molecule is Cc1ccc(C(N)=S)c2nc(CCN3CCOCC3)nn12. The van der Waals surface area contributed by atoms with E-state index in [4.69, 9.17) is 22.7 Å². The molecule has 7 heteroatoms. The molecular formula is C14H19N5OS. The van der Waals surface area contributed by atoms with Crippen molar-refractivity contribution in [2.45, 2.75) is 13.3 Å². The standard InChI is InChI=1S/C14H19N5OS/c1-10-2-3-11(13(15)21)14-16-12(17-19(10)14)4-5-18-6-8-20-9-7-18/h2-3H,4-9H2,1H3,(H2,15,21). The van der Waals surface area contributed by atoms with Crippen molar-refractivity contribution in [2.75, 3.05) is 32.8 Å². The third-order valence-electron chi connectivity index (χ3n) is 3.74. The van der Waals surface area contributed by atoms with E-state index in [1.165, 1.54) is 0 Å². The van der Waals surface area contributed by atoms with Crippen LogP contribution in [0.1, 0.15) is 17.1 Å². The van der Waals surface area contributed by atoms with Crippen LogP contribution in [0, 0.1) is 6.92 Å². The fourth-order valence-electron chi connectivity index (χ4n) is 2.51. The van der Waals surface area contributed by atoms with Crippen molar-refractivity contribution in [2.24, 2.45) is 5.73 Å². The quantitative estimate of drug-likeness (QED) is 0.832. The average molecular weight is 305 g/mol. The Hall–Kier alpha value is -1.57. The number of pyridine rings is 1. The molecular weight excluding hydrogens is 286 g/mol. The van der Waals surface area contributed by atoms with Crippen LogP contribution in [0.3, 0.4) is 0 Å². The summed E-state index contributed by atoms with van der Waals surface area (Å²) in [6.07, 6.45) is 0.817. The maximum atomic E-state index is 5.76. The van der Waals surface area contributed by atoms with Gasteiger partial charge in [-0.05, 0) is 19.1 Å². The molecule has 0 atom stereocenters. The fraction of sp³-hybridized carbons (Fsp3) is 0.500. The fourth-order valence-corrected chi connectivity index (χ4v) is 2.66. The molecule has 21 heavy (non-hydrogen) atoms. The second kappa shape index (κ2) is 6.05. The summed E-state index contributed by atoms with van der Waals surface area (Å²) in [6.45, 7) is 6.51. The zero-order valence-corrected chi connectivity index (χ0v) is 12.9. The molecule has 0 spiro atoms. The van der Waals surface area contributed by atoms with Gasteiger partial charge in [0.25, 0.3) is 0 Å². The van der Waals surface area contributed by atoms with Gasteiger partial charge in [-0.2, -0.15) is 5.10 Å². The number of aryl methyl sites for hydroxylation is 1. The van der Waals surface area contributed by atoms with Gasteiger partial charge in [-0.3, -0.25) is 4.90 Å². The van der Waals surface area contributed by atoms with E-state index in [1.54, 1.807) is 0 Å². The Morgan fingerprint density at radius 2 is 2.14 bits per heavy atom. The number of hydrogen-bond acceptors (Lipinski definition) is 5. The Labute approximate surface area is 128 Å². The van der Waals surface area contributed by atoms with Gasteiger partial charge < -0.3 is 10.5 Å². The molecule has 2 aromatic rings. The van der Waals surface area contributed by atoms with E-state index < -0.39 is 0 Å². The molecule has 2 N–H and O–H groups in total. The summed E-state index contributed by atoms with van der Waals surface area (Å²) < 4.78 is 7.17. The first-order valence-electron chi connectivity index (χ1n) is 7.10. The highest BCUT2D eigenvalue weighted by molar-refractivity contribution is 7.80. The molecule has 3 heterocycles. The molecule has 3 rings (SSSR count). The lowest BCUT2D eigenvalue weighted by molar-refractivity contribution is 0.0382. The Kier molecular flexibility index (Phi) is 4.14. The summed E-state index contributed by atoms with van der Waals surface area (Å²) >= 11 is 5.08. The number of morpholine rings is 1. The van der Waals surface area contributed by atoms with Crippen LogP contribution >= 0.6 is 12.2 Å². The lowest BCUT2D eigenvalue weighted by Gasteiger charge is -2.25. The van der Waals surface area contributed by atoms with Gasteiger partial charge in [0.2, 0.25) is 0 Å². The number of rotatable bonds is 4. The molecule has 1 aliphatic rings. The average Bonchev–Trinajstić information content (AvgIpc) is 2.91. The normalized spacial score (nSPS) is 16.4. The molecule has 1 aliphatic heterocycles. The van der Waals surface area contributed by atoms with Crippen molar-refractivity contribution in [1.29, 1.82) is 0 Å². The molecule has 0 amide bonds. The molecule has 6 nitrogen and oxygen atoms in total. The lowest BCUT2D eigenvalue weighted by atomic mass is 10.2. The summed E-state index contributed by atoms with van der Waals surface area (Å²) in [5.74, 6) is 0.827. The summed E-state index contributed by atoms with van der Waals surface area (Å²) in [5.41, 5.74) is 8.31. The molecule has 0 aromatic carbocycles. The first-order valence-corrected chi connectivity index (χ1v) is 7.51. The maximum Gasteiger partial charge on any atom is 0.166 e. The maximum absolute atomic E-state index is 5.76. The number of aromatic nitrogens is 3. The zero-order valence-electron chi connectivity index (χ0n) is 12.1. The van der Waals surface area contributed by atoms with E-state index >= 15 is 0 Å². The number of thiocarbonyl (C=S) groups is 1. The van der Waals surface area contributed by atoms with Gasteiger partial charge >= 0.3 is 0 Å². The number of hydrogen-bond donors (Lipinski definition) is 1. The van der Waals surface area contributed by atoms with E-state index in [0.717, 1.165) is 62.0 Å². The predicted octanol–water partition coefficient (Wildman–Crippen LogP) is 0.547. The van der Waals surface area contributed by atoms with Crippen LogP contribution in [-0.4, -0.2) is 57.3 Å². The molecule has 0 aliphatic carbocycles. The van der Waals surface area contributed by atoms with E-state index in [-0.39, 0.29) is 0 Å².